The molecule has 1 saturated heterocycles. The standard InChI is InChI=1S/C17H22N4O2/c1-2-4-13(5-3-1)17-19-16(20-23-17)14-6-7-18-15(12-14)21-8-10-22-11-9-21/h6-7,12-13H,1-5,8-11H2. The first-order chi connectivity index (χ1) is 11.4. The van der Waals surface area contributed by atoms with E-state index in [0.717, 1.165) is 56.4 Å². The minimum Gasteiger partial charge on any atom is -0.378 e. The van der Waals surface area contributed by atoms with Gasteiger partial charge in [-0.15, -0.1) is 0 Å². The van der Waals surface area contributed by atoms with E-state index in [0.29, 0.717) is 11.7 Å². The molecular formula is C17H22N4O2. The Morgan fingerprint density at radius 1 is 1.09 bits per heavy atom. The van der Waals surface area contributed by atoms with E-state index in [1.165, 1.54) is 19.3 Å². The molecule has 23 heavy (non-hydrogen) atoms. The van der Waals surface area contributed by atoms with Gasteiger partial charge in [0.2, 0.25) is 11.7 Å². The molecule has 3 heterocycles. The van der Waals surface area contributed by atoms with Crippen LogP contribution in [-0.2, 0) is 4.74 Å². The second-order valence-electron chi connectivity index (χ2n) is 6.29. The Morgan fingerprint density at radius 2 is 1.91 bits per heavy atom. The van der Waals surface area contributed by atoms with Crippen LogP contribution >= 0.6 is 0 Å². The molecule has 0 amide bonds. The highest BCUT2D eigenvalue weighted by molar-refractivity contribution is 5.59. The molecule has 1 aliphatic carbocycles. The predicted molar refractivity (Wildman–Crippen MR) is 86.4 cm³/mol. The van der Waals surface area contributed by atoms with Crippen molar-refractivity contribution in [2.24, 2.45) is 0 Å². The zero-order chi connectivity index (χ0) is 15.5. The lowest BCUT2D eigenvalue weighted by molar-refractivity contribution is 0.122. The molecule has 2 fully saturated rings. The number of rotatable bonds is 3. The summed E-state index contributed by atoms with van der Waals surface area (Å²) < 4.78 is 10.9. The van der Waals surface area contributed by atoms with Crippen LogP contribution in [0.3, 0.4) is 0 Å². The Morgan fingerprint density at radius 3 is 2.74 bits per heavy atom. The van der Waals surface area contributed by atoms with Crippen LogP contribution in [0.2, 0.25) is 0 Å². The van der Waals surface area contributed by atoms with Gasteiger partial charge in [0, 0.05) is 30.8 Å². The summed E-state index contributed by atoms with van der Waals surface area (Å²) in [5, 5.41) is 4.19. The SMILES string of the molecule is c1cc(-c2noc(C3CCCCC3)n2)cc(N2CCOCC2)n1. The Balaban J connectivity index is 1.54. The van der Waals surface area contributed by atoms with Crippen molar-refractivity contribution in [3.63, 3.8) is 0 Å². The lowest BCUT2D eigenvalue weighted by Crippen LogP contribution is -2.36. The first-order valence-corrected chi connectivity index (χ1v) is 8.53. The van der Waals surface area contributed by atoms with Gasteiger partial charge < -0.3 is 14.2 Å². The van der Waals surface area contributed by atoms with Crippen molar-refractivity contribution in [2.75, 3.05) is 31.2 Å². The summed E-state index contributed by atoms with van der Waals surface area (Å²) in [6, 6.07) is 3.99. The maximum absolute atomic E-state index is 5.53. The van der Waals surface area contributed by atoms with Crippen LogP contribution < -0.4 is 4.90 Å². The average Bonchev–Trinajstić information content (AvgIpc) is 3.14. The van der Waals surface area contributed by atoms with Crippen molar-refractivity contribution in [3.05, 3.63) is 24.2 Å². The van der Waals surface area contributed by atoms with E-state index in [1.54, 1.807) is 0 Å². The second-order valence-corrected chi connectivity index (χ2v) is 6.29. The fourth-order valence-electron chi connectivity index (χ4n) is 3.39. The second kappa shape index (κ2) is 6.66. The number of hydrogen-bond donors (Lipinski definition) is 0. The van der Waals surface area contributed by atoms with Crippen molar-refractivity contribution < 1.29 is 9.26 Å². The predicted octanol–water partition coefficient (Wildman–Crippen LogP) is 3.02. The van der Waals surface area contributed by atoms with Crippen molar-refractivity contribution in [3.8, 4) is 11.4 Å². The van der Waals surface area contributed by atoms with Crippen LogP contribution in [0.4, 0.5) is 5.82 Å². The van der Waals surface area contributed by atoms with E-state index in [1.807, 2.05) is 18.3 Å². The molecule has 1 saturated carbocycles. The minimum atomic E-state index is 0.436. The van der Waals surface area contributed by atoms with E-state index < -0.39 is 0 Å². The molecule has 0 radical (unpaired) electrons. The van der Waals surface area contributed by atoms with Crippen molar-refractivity contribution in [2.45, 2.75) is 38.0 Å². The largest absolute Gasteiger partial charge is 0.378 e. The van der Waals surface area contributed by atoms with Gasteiger partial charge in [-0.2, -0.15) is 4.98 Å². The van der Waals surface area contributed by atoms with E-state index in [9.17, 15) is 0 Å². The Bertz CT molecular complexity index is 646. The third kappa shape index (κ3) is 3.22. The van der Waals surface area contributed by atoms with E-state index in [4.69, 9.17) is 9.26 Å². The van der Waals surface area contributed by atoms with Crippen molar-refractivity contribution in [1.29, 1.82) is 0 Å². The number of anilines is 1. The fourth-order valence-corrected chi connectivity index (χ4v) is 3.39. The number of pyridine rings is 1. The van der Waals surface area contributed by atoms with Crippen LogP contribution in [0.15, 0.2) is 22.9 Å². The Kier molecular flexibility index (Phi) is 4.24. The maximum Gasteiger partial charge on any atom is 0.230 e. The molecular weight excluding hydrogens is 292 g/mol. The van der Waals surface area contributed by atoms with Crippen LogP contribution in [0.25, 0.3) is 11.4 Å². The third-order valence-electron chi connectivity index (χ3n) is 4.73. The highest BCUT2D eigenvalue weighted by Crippen LogP contribution is 2.32. The molecule has 1 aliphatic heterocycles. The van der Waals surface area contributed by atoms with Gasteiger partial charge in [-0.25, -0.2) is 4.98 Å². The van der Waals surface area contributed by atoms with Crippen molar-refractivity contribution in [1.82, 2.24) is 15.1 Å². The highest BCUT2D eigenvalue weighted by Gasteiger charge is 2.22. The number of nitrogens with zero attached hydrogens (tertiary/aromatic N) is 4. The Labute approximate surface area is 135 Å². The normalized spacial score (nSPS) is 19.9. The van der Waals surface area contributed by atoms with E-state index >= 15 is 0 Å². The zero-order valence-corrected chi connectivity index (χ0v) is 13.3. The monoisotopic (exact) mass is 314 g/mol. The molecule has 6 nitrogen and oxygen atoms in total. The quantitative estimate of drug-likeness (QED) is 0.867. The molecule has 0 spiro atoms. The Hall–Kier alpha value is -1.95. The number of aromatic nitrogens is 3. The molecule has 0 unspecified atom stereocenters. The van der Waals surface area contributed by atoms with Crippen LogP contribution in [0.5, 0.6) is 0 Å². The lowest BCUT2D eigenvalue weighted by atomic mass is 9.89. The number of morpholine rings is 1. The van der Waals surface area contributed by atoms with Crippen LogP contribution in [0, 0.1) is 0 Å². The topological polar surface area (TPSA) is 64.3 Å². The van der Waals surface area contributed by atoms with Gasteiger partial charge in [-0.05, 0) is 25.0 Å². The summed E-state index contributed by atoms with van der Waals surface area (Å²) in [6.07, 6.45) is 7.99. The molecule has 2 aliphatic rings. The smallest absolute Gasteiger partial charge is 0.230 e. The summed E-state index contributed by atoms with van der Waals surface area (Å²) in [5.74, 6) is 2.85. The molecule has 0 atom stereocenters. The van der Waals surface area contributed by atoms with Gasteiger partial charge >= 0.3 is 0 Å². The first-order valence-electron chi connectivity index (χ1n) is 8.53. The molecule has 122 valence electrons. The summed E-state index contributed by atoms with van der Waals surface area (Å²) in [4.78, 5) is 11.3. The molecule has 0 N–H and O–H groups in total. The maximum atomic E-state index is 5.53. The molecule has 0 aromatic carbocycles. The fraction of sp³-hybridized carbons (Fsp3) is 0.588. The number of hydrogen-bond acceptors (Lipinski definition) is 6. The molecule has 2 aromatic rings. The van der Waals surface area contributed by atoms with Crippen molar-refractivity contribution >= 4 is 5.82 Å². The minimum absolute atomic E-state index is 0.436. The van der Waals surface area contributed by atoms with Gasteiger partial charge in [0.15, 0.2) is 0 Å². The first kappa shape index (κ1) is 14.6. The van der Waals surface area contributed by atoms with Gasteiger partial charge in [0.1, 0.15) is 5.82 Å². The molecule has 0 bridgehead atoms. The summed E-state index contributed by atoms with van der Waals surface area (Å²) >= 11 is 0. The van der Waals surface area contributed by atoms with Gasteiger partial charge in [-0.1, -0.05) is 24.4 Å². The van der Waals surface area contributed by atoms with Gasteiger partial charge in [-0.3, -0.25) is 0 Å². The lowest BCUT2D eigenvalue weighted by Gasteiger charge is -2.27. The van der Waals surface area contributed by atoms with Gasteiger partial charge in [0.25, 0.3) is 0 Å². The van der Waals surface area contributed by atoms with E-state index in [2.05, 4.69) is 20.0 Å². The molecule has 6 heteroatoms. The summed E-state index contributed by atoms with van der Waals surface area (Å²) in [7, 11) is 0. The van der Waals surface area contributed by atoms with Gasteiger partial charge in [0.05, 0.1) is 13.2 Å². The highest BCUT2D eigenvalue weighted by atomic mass is 16.5. The number of ether oxygens (including phenoxy) is 1. The molecule has 4 rings (SSSR count). The van der Waals surface area contributed by atoms with E-state index in [-0.39, 0.29) is 0 Å². The summed E-state index contributed by atoms with van der Waals surface area (Å²) in [5.41, 5.74) is 0.965. The summed E-state index contributed by atoms with van der Waals surface area (Å²) in [6.45, 7) is 3.24. The zero-order valence-electron chi connectivity index (χ0n) is 13.3. The third-order valence-corrected chi connectivity index (χ3v) is 4.73. The molecule has 2 aromatic heterocycles. The van der Waals surface area contributed by atoms with Crippen LogP contribution in [0.1, 0.15) is 43.9 Å². The van der Waals surface area contributed by atoms with Crippen LogP contribution in [-0.4, -0.2) is 41.4 Å². The average molecular weight is 314 g/mol.